The van der Waals surface area contributed by atoms with Gasteiger partial charge in [0.2, 0.25) is 5.91 Å². The molecule has 0 saturated carbocycles. The Hall–Kier alpha value is -1.81. The SMILES string of the molecule is CC(C)CC(CO)NC(=O)CCc1c[nH]c2ccccc12. The second-order valence-corrected chi connectivity index (χ2v) is 5.94. The van der Waals surface area contributed by atoms with Crippen LogP contribution in [0, 0.1) is 5.92 Å². The predicted octanol–water partition coefficient (Wildman–Crippen LogP) is 2.62. The van der Waals surface area contributed by atoms with Crippen LogP contribution in [-0.4, -0.2) is 28.6 Å². The molecule has 0 spiro atoms. The molecule has 21 heavy (non-hydrogen) atoms. The summed E-state index contributed by atoms with van der Waals surface area (Å²) in [5.41, 5.74) is 2.26. The molecule has 1 amide bonds. The van der Waals surface area contributed by atoms with Crippen molar-refractivity contribution >= 4 is 16.8 Å². The van der Waals surface area contributed by atoms with Gasteiger partial charge in [0.1, 0.15) is 0 Å². The van der Waals surface area contributed by atoms with E-state index in [0.29, 0.717) is 18.8 Å². The standard InChI is InChI=1S/C17H24N2O2/c1-12(2)9-14(11-20)19-17(21)8-7-13-10-18-16-6-4-3-5-15(13)16/h3-6,10,12,14,18,20H,7-9,11H2,1-2H3,(H,19,21). The smallest absolute Gasteiger partial charge is 0.220 e. The van der Waals surface area contributed by atoms with E-state index >= 15 is 0 Å². The molecule has 1 aromatic heterocycles. The minimum Gasteiger partial charge on any atom is -0.394 e. The number of benzene rings is 1. The number of para-hydroxylation sites is 1. The largest absolute Gasteiger partial charge is 0.394 e. The molecule has 0 saturated heterocycles. The van der Waals surface area contributed by atoms with Gasteiger partial charge in [-0.2, -0.15) is 0 Å². The van der Waals surface area contributed by atoms with Crippen molar-refractivity contribution in [1.82, 2.24) is 10.3 Å². The van der Waals surface area contributed by atoms with E-state index in [-0.39, 0.29) is 18.6 Å². The zero-order valence-corrected chi connectivity index (χ0v) is 12.7. The van der Waals surface area contributed by atoms with E-state index in [2.05, 4.69) is 30.2 Å². The number of aromatic nitrogens is 1. The van der Waals surface area contributed by atoms with Crippen LogP contribution < -0.4 is 5.32 Å². The molecule has 114 valence electrons. The van der Waals surface area contributed by atoms with Gasteiger partial charge in [0.15, 0.2) is 0 Å². The van der Waals surface area contributed by atoms with Gasteiger partial charge in [-0.1, -0.05) is 32.0 Å². The lowest BCUT2D eigenvalue weighted by Crippen LogP contribution is -2.38. The fourth-order valence-electron chi connectivity index (χ4n) is 2.63. The van der Waals surface area contributed by atoms with Crippen LogP contribution >= 0.6 is 0 Å². The van der Waals surface area contributed by atoms with Crippen LogP contribution in [0.4, 0.5) is 0 Å². The highest BCUT2D eigenvalue weighted by molar-refractivity contribution is 5.84. The highest BCUT2D eigenvalue weighted by Gasteiger charge is 2.13. The summed E-state index contributed by atoms with van der Waals surface area (Å²) in [4.78, 5) is 15.2. The molecule has 0 aliphatic rings. The van der Waals surface area contributed by atoms with E-state index in [9.17, 15) is 9.90 Å². The number of hydrogen-bond acceptors (Lipinski definition) is 2. The number of aromatic amines is 1. The van der Waals surface area contributed by atoms with Crippen LogP contribution in [0.2, 0.25) is 0 Å². The van der Waals surface area contributed by atoms with E-state index in [1.54, 1.807) is 0 Å². The Morgan fingerprint density at radius 2 is 2.10 bits per heavy atom. The number of fused-ring (bicyclic) bond motifs is 1. The summed E-state index contributed by atoms with van der Waals surface area (Å²) in [7, 11) is 0. The lowest BCUT2D eigenvalue weighted by Gasteiger charge is -2.18. The van der Waals surface area contributed by atoms with Crippen LogP contribution in [0.15, 0.2) is 30.5 Å². The fourth-order valence-corrected chi connectivity index (χ4v) is 2.63. The molecule has 3 N–H and O–H groups in total. The van der Waals surface area contributed by atoms with Crippen molar-refractivity contribution in [3.8, 4) is 0 Å². The molecule has 0 radical (unpaired) electrons. The normalized spacial score (nSPS) is 12.8. The molecule has 2 aromatic rings. The van der Waals surface area contributed by atoms with Crippen molar-refractivity contribution in [1.29, 1.82) is 0 Å². The number of rotatable bonds is 7. The third-order valence-corrected chi connectivity index (χ3v) is 3.64. The summed E-state index contributed by atoms with van der Waals surface area (Å²) in [6.45, 7) is 4.17. The number of carbonyl (C=O) groups excluding carboxylic acids is 1. The average molecular weight is 288 g/mol. The number of aliphatic hydroxyl groups is 1. The first-order valence-corrected chi connectivity index (χ1v) is 7.55. The summed E-state index contributed by atoms with van der Waals surface area (Å²) in [6, 6.07) is 7.95. The van der Waals surface area contributed by atoms with Crippen molar-refractivity contribution in [3.05, 3.63) is 36.0 Å². The van der Waals surface area contributed by atoms with Gasteiger partial charge in [-0.05, 0) is 30.4 Å². The van der Waals surface area contributed by atoms with E-state index in [1.807, 2.05) is 24.4 Å². The van der Waals surface area contributed by atoms with Gasteiger partial charge in [0, 0.05) is 23.5 Å². The summed E-state index contributed by atoms with van der Waals surface area (Å²) in [5.74, 6) is 0.455. The number of amides is 1. The average Bonchev–Trinajstić information content (AvgIpc) is 2.87. The highest BCUT2D eigenvalue weighted by Crippen LogP contribution is 2.18. The van der Waals surface area contributed by atoms with E-state index in [0.717, 1.165) is 17.5 Å². The van der Waals surface area contributed by atoms with Gasteiger partial charge < -0.3 is 15.4 Å². The Labute approximate surface area is 125 Å². The zero-order valence-electron chi connectivity index (χ0n) is 12.7. The molecule has 0 aliphatic carbocycles. The monoisotopic (exact) mass is 288 g/mol. The Morgan fingerprint density at radius 3 is 2.81 bits per heavy atom. The highest BCUT2D eigenvalue weighted by atomic mass is 16.3. The lowest BCUT2D eigenvalue weighted by atomic mass is 10.0. The summed E-state index contributed by atoms with van der Waals surface area (Å²) < 4.78 is 0. The van der Waals surface area contributed by atoms with E-state index < -0.39 is 0 Å². The second kappa shape index (κ2) is 7.27. The first-order chi connectivity index (χ1) is 10.1. The molecule has 1 aromatic carbocycles. The first kappa shape index (κ1) is 15.6. The van der Waals surface area contributed by atoms with Crippen molar-refractivity contribution in [2.24, 2.45) is 5.92 Å². The Bertz CT molecular complexity index is 589. The molecule has 4 heteroatoms. The molecule has 0 bridgehead atoms. The summed E-state index contributed by atoms with van der Waals surface area (Å²) in [6.07, 6.45) is 3.91. The summed E-state index contributed by atoms with van der Waals surface area (Å²) in [5, 5.41) is 13.4. The van der Waals surface area contributed by atoms with Gasteiger partial charge in [-0.25, -0.2) is 0 Å². The number of carbonyl (C=O) groups is 1. The minimum absolute atomic E-state index is 0.0000175. The molecular formula is C17H24N2O2. The van der Waals surface area contributed by atoms with Crippen LogP contribution in [0.3, 0.4) is 0 Å². The van der Waals surface area contributed by atoms with Crippen LogP contribution in [0.25, 0.3) is 10.9 Å². The number of nitrogens with one attached hydrogen (secondary N) is 2. The first-order valence-electron chi connectivity index (χ1n) is 7.55. The van der Waals surface area contributed by atoms with Crippen LogP contribution in [0.5, 0.6) is 0 Å². The molecule has 1 heterocycles. The molecule has 1 unspecified atom stereocenters. The number of hydrogen-bond donors (Lipinski definition) is 3. The summed E-state index contributed by atoms with van der Waals surface area (Å²) >= 11 is 0. The van der Waals surface area contributed by atoms with Crippen LogP contribution in [0.1, 0.15) is 32.3 Å². The second-order valence-electron chi connectivity index (χ2n) is 5.94. The van der Waals surface area contributed by atoms with Crippen molar-refractivity contribution < 1.29 is 9.90 Å². The maximum Gasteiger partial charge on any atom is 0.220 e. The Kier molecular flexibility index (Phi) is 5.39. The molecule has 1 atom stereocenters. The Balaban J connectivity index is 1.89. The third-order valence-electron chi connectivity index (χ3n) is 3.64. The van der Waals surface area contributed by atoms with E-state index in [1.165, 1.54) is 5.39 Å². The number of aliphatic hydroxyl groups excluding tert-OH is 1. The number of aryl methyl sites for hydroxylation is 1. The molecule has 0 fully saturated rings. The Morgan fingerprint density at radius 1 is 1.33 bits per heavy atom. The minimum atomic E-state index is -0.138. The van der Waals surface area contributed by atoms with E-state index in [4.69, 9.17) is 0 Å². The molecule has 4 nitrogen and oxygen atoms in total. The molecule has 2 rings (SSSR count). The van der Waals surface area contributed by atoms with Crippen molar-refractivity contribution in [2.45, 2.75) is 39.2 Å². The predicted molar refractivity (Wildman–Crippen MR) is 85.1 cm³/mol. The maximum atomic E-state index is 12.0. The quantitative estimate of drug-likeness (QED) is 0.733. The van der Waals surface area contributed by atoms with Gasteiger partial charge in [-0.15, -0.1) is 0 Å². The van der Waals surface area contributed by atoms with Gasteiger partial charge in [-0.3, -0.25) is 4.79 Å². The zero-order chi connectivity index (χ0) is 15.2. The van der Waals surface area contributed by atoms with Gasteiger partial charge >= 0.3 is 0 Å². The number of H-pyrrole nitrogens is 1. The third kappa shape index (κ3) is 4.33. The topological polar surface area (TPSA) is 65.1 Å². The molecular weight excluding hydrogens is 264 g/mol. The molecule has 0 aliphatic heterocycles. The lowest BCUT2D eigenvalue weighted by molar-refractivity contribution is -0.122. The maximum absolute atomic E-state index is 12.0. The van der Waals surface area contributed by atoms with Crippen molar-refractivity contribution in [3.63, 3.8) is 0 Å². The van der Waals surface area contributed by atoms with Gasteiger partial charge in [0.05, 0.1) is 12.6 Å². The fraction of sp³-hybridized carbons (Fsp3) is 0.471. The van der Waals surface area contributed by atoms with Crippen molar-refractivity contribution in [2.75, 3.05) is 6.61 Å². The van der Waals surface area contributed by atoms with Gasteiger partial charge in [0.25, 0.3) is 0 Å². The van der Waals surface area contributed by atoms with Crippen LogP contribution in [-0.2, 0) is 11.2 Å².